The highest BCUT2D eigenvalue weighted by atomic mass is 16.3. The lowest BCUT2D eigenvalue weighted by atomic mass is 9.94. The van der Waals surface area contributed by atoms with Gasteiger partial charge in [0.05, 0.1) is 0 Å². The molecule has 1 N–H and O–H groups in total. The number of hydrogen-bond acceptors (Lipinski definition) is 3. The van der Waals surface area contributed by atoms with Gasteiger partial charge in [-0.25, -0.2) is 0 Å². The largest absolute Gasteiger partial charge is 0.379 e. The second-order valence-electron chi connectivity index (χ2n) is 5.21. The standard InChI is InChI=1S/C11H22N2O2/c1-9(14)12-5-7-13(8-6-12)10(15)11(2,3)4/h9,14H,5-8H2,1-4H3. The minimum atomic E-state index is -0.406. The molecule has 1 aliphatic rings. The van der Waals surface area contributed by atoms with Crippen LogP contribution < -0.4 is 0 Å². The van der Waals surface area contributed by atoms with E-state index in [1.807, 2.05) is 30.6 Å². The number of carbonyl (C=O) groups is 1. The van der Waals surface area contributed by atoms with Gasteiger partial charge in [-0.05, 0) is 6.92 Å². The zero-order valence-corrected chi connectivity index (χ0v) is 10.2. The molecule has 4 heteroatoms. The lowest BCUT2D eigenvalue weighted by Crippen LogP contribution is -2.53. The molecule has 4 nitrogen and oxygen atoms in total. The van der Waals surface area contributed by atoms with E-state index in [2.05, 4.69) is 0 Å². The van der Waals surface area contributed by atoms with Gasteiger partial charge < -0.3 is 10.0 Å². The number of nitrogens with zero attached hydrogens (tertiary/aromatic N) is 2. The smallest absolute Gasteiger partial charge is 0.228 e. The van der Waals surface area contributed by atoms with Crippen molar-refractivity contribution in [1.82, 2.24) is 9.80 Å². The number of aliphatic hydroxyl groups is 1. The quantitative estimate of drug-likeness (QED) is 0.692. The number of carbonyl (C=O) groups excluding carboxylic acids is 1. The van der Waals surface area contributed by atoms with Crippen LogP contribution >= 0.6 is 0 Å². The van der Waals surface area contributed by atoms with Gasteiger partial charge in [0.1, 0.15) is 6.23 Å². The Bertz CT molecular complexity index is 225. The van der Waals surface area contributed by atoms with Crippen LogP contribution in [0.3, 0.4) is 0 Å². The van der Waals surface area contributed by atoms with Gasteiger partial charge >= 0.3 is 0 Å². The van der Waals surface area contributed by atoms with Crippen molar-refractivity contribution in [1.29, 1.82) is 0 Å². The minimum Gasteiger partial charge on any atom is -0.379 e. The number of amides is 1. The highest BCUT2D eigenvalue weighted by molar-refractivity contribution is 5.81. The molecule has 1 unspecified atom stereocenters. The summed E-state index contributed by atoms with van der Waals surface area (Å²) in [7, 11) is 0. The van der Waals surface area contributed by atoms with Crippen molar-refractivity contribution in [2.45, 2.75) is 33.9 Å². The first-order valence-electron chi connectivity index (χ1n) is 5.54. The van der Waals surface area contributed by atoms with Crippen LogP contribution in [0, 0.1) is 5.41 Å². The molecule has 0 aromatic heterocycles. The molecular formula is C11H22N2O2. The maximum atomic E-state index is 11.9. The molecular weight excluding hydrogens is 192 g/mol. The van der Waals surface area contributed by atoms with Crippen molar-refractivity contribution in [2.75, 3.05) is 26.2 Å². The molecule has 1 fully saturated rings. The predicted molar refractivity (Wildman–Crippen MR) is 59.3 cm³/mol. The maximum absolute atomic E-state index is 11.9. The van der Waals surface area contributed by atoms with Crippen LogP contribution in [0.25, 0.3) is 0 Å². The third-order valence-corrected chi connectivity index (χ3v) is 2.77. The molecule has 1 amide bonds. The second-order valence-corrected chi connectivity index (χ2v) is 5.21. The zero-order chi connectivity index (χ0) is 11.6. The molecule has 0 aromatic carbocycles. The van der Waals surface area contributed by atoms with Gasteiger partial charge in [-0.2, -0.15) is 0 Å². The average molecular weight is 214 g/mol. The van der Waals surface area contributed by atoms with Crippen molar-refractivity contribution in [3.8, 4) is 0 Å². The van der Waals surface area contributed by atoms with Crippen molar-refractivity contribution < 1.29 is 9.90 Å². The summed E-state index contributed by atoms with van der Waals surface area (Å²) in [5.41, 5.74) is -0.299. The monoisotopic (exact) mass is 214 g/mol. The van der Waals surface area contributed by atoms with Gasteiger partial charge in [0.15, 0.2) is 0 Å². The lowest BCUT2D eigenvalue weighted by Gasteiger charge is -2.38. The lowest BCUT2D eigenvalue weighted by molar-refractivity contribution is -0.142. The summed E-state index contributed by atoms with van der Waals surface area (Å²) in [5.74, 6) is 0.202. The summed E-state index contributed by atoms with van der Waals surface area (Å²) < 4.78 is 0. The van der Waals surface area contributed by atoms with Crippen molar-refractivity contribution >= 4 is 5.91 Å². The Hall–Kier alpha value is -0.610. The molecule has 0 aromatic rings. The van der Waals surface area contributed by atoms with Crippen LogP contribution in [0.15, 0.2) is 0 Å². The zero-order valence-electron chi connectivity index (χ0n) is 10.2. The van der Waals surface area contributed by atoms with Crippen molar-refractivity contribution in [2.24, 2.45) is 5.41 Å². The number of aliphatic hydroxyl groups excluding tert-OH is 1. The van der Waals surface area contributed by atoms with Crippen LogP contribution in [0.1, 0.15) is 27.7 Å². The Morgan fingerprint density at radius 1 is 1.20 bits per heavy atom. The van der Waals surface area contributed by atoms with E-state index in [9.17, 15) is 9.90 Å². The SMILES string of the molecule is CC(O)N1CCN(C(=O)C(C)(C)C)CC1. The van der Waals surface area contributed by atoms with E-state index in [0.29, 0.717) is 0 Å². The summed E-state index contributed by atoms with van der Waals surface area (Å²) in [6.07, 6.45) is -0.406. The minimum absolute atomic E-state index is 0.202. The molecule has 15 heavy (non-hydrogen) atoms. The summed E-state index contributed by atoms with van der Waals surface area (Å²) in [6, 6.07) is 0. The van der Waals surface area contributed by atoms with Gasteiger partial charge in [-0.1, -0.05) is 20.8 Å². The van der Waals surface area contributed by atoms with Crippen LogP contribution in [0.5, 0.6) is 0 Å². The van der Waals surface area contributed by atoms with Crippen molar-refractivity contribution in [3.63, 3.8) is 0 Å². The van der Waals surface area contributed by atoms with Crippen LogP contribution in [0.2, 0.25) is 0 Å². The Balaban J connectivity index is 2.48. The molecule has 88 valence electrons. The van der Waals surface area contributed by atoms with E-state index in [0.717, 1.165) is 26.2 Å². The van der Waals surface area contributed by atoms with E-state index in [-0.39, 0.29) is 11.3 Å². The van der Waals surface area contributed by atoms with E-state index < -0.39 is 6.23 Å². The normalized spacial score (nSPS) is 21.5. The van der Waals surface area contributed by atoms with Gasteiger partial charge in [0.2, 0.25) is 5.91 Å². The number of piperazine rings is 1. The fourth-order valence-corrected chi connectivity index (χ4v) is 1.77. The first-order chi connectivity index (χ1) is 6.82. The molecule has 0 bridgehead atoms. The maximum Gasteiger partial charge on any atom is 0.228 e. The first-order valence-corrected chi connectivity index (χ1v) is 5.54. The third kappa shape index (κ3) is 3.18. The summed E-state index contributed by atoms with van der Waals surface area (Å²) in [6.45, 7) is 10.6. The van der Waals surface area contributed by atoms with Crippen molar-refractivity contribution in [3.05, 3.63) is 0 Å². The van der Waals surface area contributed by atoms with Crippen LogP contribution in [-0.4, -0.2) is 53.2 Å². The Morgan fingerprint density at radius 3 is 2.00 bits per heavy atom. The molecule has 0 radical (unpaired) electrons. The van der Waals surface area contributed by atoms with E-state index >= 15 is 0 Å². The van der Waals surface area contributed by atoms with Gasteiger partial charge in [-0.15, -0.1) is 0 Å². The molecule has 1 aliphatic heterocycles. The van der Waals surface area contributed by atoms with Gasteiger partial charge in [0.25, 0.3) is 0 Å². The highest BCUT2D eigenvalue weighted by Crippen LogP contribution is 2.18. The Kier molecular flexibility index (Phi) is 3.73. The van der Waals surface area contributed by atoms with Gasteiger partial charge in [-0.3, -0.25) is 9.69 Å². The summed E-state index contributed by atoms with van der Waals surface area (Å²) in [5, 5.41) is 9.38. The van der Waals surface area contributed by atoms with Crippen LogP contribution in [0.4, 0.5) is 0 Å². The second kappa shape index (κ2) is 4.49. The highest BCUT2D eigenvalue weighted by Gasteiger charge is 2.30. The average Bonchev–Trinajstić information content (AvgIpc) is 2.15. The fourth-order valence-electron chi connectivity index (χ4n) is 1.77. The molecule has 1 atom stereocenters. The van der Waals surface area contributed by atoms with E-state index in [1.165, 1.54) is 0 Å². The summed E-state index contributed by atoms with van der Waals surface area (Å²) in [4.78, 5) is 15.8. The molecule has 0 spiro atoms. The Labute approximate surface area is 91.9 Å². The summed E-state index contributed by atoms with van der Waals surface area (Å²) >= 11 is 0. The number of rotatable bonds is 1. The van der Waals surface area contributed by atoms with Crippen LogP contribution in [-0.2, 0) is 4.79 Å². The third-order valence-electron chi connectivity index (χ3n) is 2.77. The first kappa shape index (κ1) is 12.5. The molecule has 1 rings (SSSR count). The number of hydrogen-bond donors (Lipinski definition) is 1. The van der Waals surface area contributed by atoms with E-state index in [4.69, 9.17) is 0 Å². The molecule has 0 saturated carbocycles. The van der Waals surface area contributed by atoms with E-state index in [1.54, 1.807) is 6.92 Å². The fraction of sp³-hybridized carbons (Fsp3) is 0.909. The Morgan fingerprint density at radius 2 is 1.67 bits per heavy atom. The predicted octanol–water partition coefficient (Wildman–Crippen LogP) is 0.515. The topological polar surface area (TPSA) is 43.8 Å². The molecule has 1 heterocycles. The molecule has 1 saturated heterocycles. The molecule has 0 aliphatic carbocycles. The van der Waals surface area contributed by atoms with Gasteiger partial charge in [0, 0.05) is 31.6 Å².